The van der Waals surface area contributed by atoms with Crippen LogP contribution in [0, 0.1) is 0 Å². The van der Waals surface area contributed by atoms with E-state index in [4.69, 9.17) is 4.74 Å². The van der Waals surface area contributed by atoms with Gasteiger partial charge >= 0.3 is 5.97 Å². The van der Waals surface area contributed by atoms with E-state index in [1.54, 1.807) is 11.8 Å². The van der Waals surface area contributed by atoms with Crippen molar-refractivity contribution < 1.29 is 9.53 Å². The van der Waals surface area contributed by atoms with Crippen molar-refractivity contribution in [3.8, 4) is 0 Å². The quantitative estimate of drug-likeness (QED) is 0.656. The summed E-state index contributed by atoms with van der Waals surface area (Å²) in [5.74, 6) is 1.32. The number of thioether (sulfide) groups is 1. The van der Waals surface area contributed by atoms with E-state index in [9.17, 15) is 4.79 Å². The van der Waals surface area contributed by atoms with Gasteiger partial charge in [-0.3, -0.25) is 4.79 Å². The monoisotopic (exact) mass is 275 g/mol. The number of carbonyl (C=O) groups is 1. The normalized spacial score (nSPS) is 13.4. The molecule has 1 N–H and O–H groups in total. The van der Waals surface area contributed by atoms with Crippen LogP contribution < -0.4 is 5.32 Å². The molecule has 4 heteroatoms. The maximum absolute atomic E-state index is 11.5. The standard InChI is InChI=1S/C14H29NO2S/c1-6-8-12(15-9-7-2)10-18-11-13(16)17-14(3,4)5/h12,15H,6-11H2,1-5H3. The topological polar surface area (TPSA) is 38.3 Å². The van der Waals surface area contributed by atoms with Crippen molar-refractivity contribution in [3.05, 3.63) is 0 Å². The average molecular weight is 275 g/mol. The largest absolute Gasteiger partial charge is 0.459 e. The van der Waals surface area contributed by atoms with Gasteiger partial charge in [0.15, 0.2) is 0 Å². The highest BCUT2D eigenvalue weighted by atomic mass is 32.2. The molecule has 3 nitrogen and oxygen atoms in total. The summed E-state index contributed by atoms with van der Waals surface area (Å²) in [5.41, 5.74) is -0.374. The molecule has 1 unspecified atom stereocenters. The molecule has 0 rings (SSSR count). The summed E-state index contributed by atoms with van der Waals surface area (Å²) < 4.78 is 5.28. The van der Waals surface area contributed by atoms with Crippen molar-refractivity contribution in [1.82, 2.24) is 5.32 Å². The van der Waals surface area contributed by atoms with Crippen molar-refractivity contribution >= 4 is 17.7 Å². The molecule has 0 fully saturated rings. The third-order valence-corrected chi connectivity index (χ3v) is 3.36. The number of rotatable bonds is 9. The van der Waals surface area contributed by atoms with Gasteiger partial charge in [0.2, 0.25) is 0 Å². The second kappa shape index (κ2) is 9.68. The van der Waals surface area contributed by atoms with Crippen LogP contribution in [0.15, 0.2) is 0 Å². The first-order valence-corrected chi connectivity index (χ1v) is 8.07. The lowest BCUT2D eigenvalue weighted by Gasteiger charge is -2.20. The molecular formula is C14H29NO2S. The third-order valence-electron chi connectivity index (χ3n) is 2.28. The smallest absolute Gasteiger partial charge is 0.316 e. The van der Waals surface area contributed by atoms with Gasteiger partial charge in [0, 0.05) is 11.8 Å². The highest BCUT2D eigenvalue weighted by Gasteiger charge is 2.16. The molecule has 1 atom stereocenters. The fourth-order valence-electron chi connectivity index (χ4n) is 1.60. The predicted octanol–water partition coefficient (Wildman–Crippen LogP) is 3.23. The Morgan fingerprint density at radius 2 is 1.94 bits per heavy atom. The fraction of sp³-hybridized carbons (Fsp3) is 0.929. The second-order valence-electron chi connectivity index (χ2n) is 5.54. The van der Waals surface area contributed by atoms with Gasteiger partial charge in [-0.25, -0.2) is 0 Å². The van der Waals surface area contributed by atoms with Crippen LogP contribution in [-0.2, 0) is 9.53 Å². The molecule has 0 aliphatic heterocycles. The first-order valence-electron chi connectivity index (χ1n) is 6.92. The Bertz CT molecular complexity index is 226. The van der Waals surface area contributed by atoms with Crippen molar-refractivity contribution in [2.24, 2.45) is 0 Å². The maximum Gasteiger partial charge on any atom is 0.316 e. The minimum Gasteiger partial charge on any atom is -0.459 e. The molecule has 0 aliphatic rings. The number of esters is 1. The molecule has 0 aromatic heterocycles. The highest BCUT2D eigenvalue weighted by molar-refractivity contribution is 7.99. The van der Waals surface area contributed by atoms with Crippen molar-refractivity contribution in [3.63, 3.8) is 0 Å². The molecule has 18 heavy (non-hydrogen) atoms. The van der Waals surface area contributed by atoms with E-state index in [-0.39, 0.29) is 11.6 Å². The zero-order chi connectivity index (χ0) is 14.0. The highest BCUT2D eigenvalue weighted by Crippen LogP contribution is 2.12. The van der Waals surface area contributed by atoms with E-state index >= 15 is 0 Å². The molecule has 0 amide bonds. The van der Waals surface area contributed by atoms with Gasteiger partial charge < -0.3 is 10.1 Å². The Labute approximate surface area is 116 Å². The van der Waals surface area contributed by atoms with E-state index in [0.29, 0.717) is 11.8 Å². The Morgan fingerprint density at radius 1 is 1.28 bits per heavy atom. The van der Waals surface area contributed by atoms with Crippen molar-refractivity contribution in [1.29, 1.82) is 0 Å². The SMILES string of the molecule is CCCNC(CCC)CSCC(=O)OC(C)(C)C. The van der Waals surface area contributed by atoms with Crippen LogP contribution in [0.3, 0.4) is 0 Å². The zero-order valence-corrected chi connectivity index (χ0v) is 13.4. The van der Waals surface area contributed by atoms with Crippen LogP contribution in [0.2, 0.25) is 0 Å². The van der Waals surface area contributed by atoms with Gasteiger partial charge in [0.05, 0.1) is 5.75 Å². The first-order chi connectivity index (χ1) is 8.39. The molecule has 108 valence electrons. The first kappa shape index (κ1) is 17.8. The van der Waals surface area contributed by atoms with Crippen molar-refractivity contribution in [2.45, 2.75) is 65.5 Å². The van der Waals surface area contributed by atoms with E-state index in [1.165, 1.54) is 12.8 Å². The summed E-state index contributed by atoms with van der Waals surface area (Å²) in [4.78, 5) is 11.5. The van der Waals surface area contributed by atoms with Crippen LogP contribution in [0.25, 0.3) is 0 Å². The Balaban J connectivity index is 3.80. The summed E-state index contributed by atoms with van der Waals surface area (Å²) in [5, 5.41) is 3.52. The summed E-state index contributed by atoms with van der Waals surface area (Å²) in [6, 6.07) is 0.516. The molecule has 0 saturated carbocycles. The average Bonchev–Trinajstić information content (AvgIpc) is 2.23. The molecule has 0 heterocycles. The molecule has 0 radical (unpaired) electrons. The van der Waals surface area contributed by atoms with Crippen LogP contribution >= 0.6 is 11.8 Å². The van der Waals surface area contributed by atoms with Gasteiger partial charge in [-0.1, -0.05) is 20.3 Å². The number of carbonyl (C=O) groups excluding carboxylic acids is 1. The summed E-state index contributed by atoms with van der Waals surface area (Å²) in [6.45, 7) is 11.1. The molecule has 0 aromatic rings. The molecule has 0 aliphatic carbocycles. The van der Waals surface area contributed by atoms with E-state index < -0.39 is 0 Å². The summed E-state index contributed by atoms with van der Waals surface area (Å²) in [6.07, 6.45) is 3.49. The Morgan fingerprint density at radius 3 is 2.44 bits per heavy atom. The minimum absolute atomic E-state index is 0.113. The van der Waals surface area contributed by atoms with Gasteiger partial charge in [0.25, 0.3) is 0 Å². The Hall–Kier alpha value is -0.220. The maximum atomic E-state index is 11.5. The lowest BCUT2D eigenvalue weighted by Crippen LogP contribution is -2.32. The van der Waals surface area contributed by atoms with Gasteiger partial charge in [-0.15, -0.1) is 11.8 Å². The van der Waals surface area contributed by atoms with Crippen LogP contribution in [0.5, 0.6) is 0 Å². The number of ether oxygens (including phenoxy) is 1. The lowest BCUT2D eigenvalue weighted by atomic mass is 10.2. The van der Waals surface area contributed by atoms with E-state index in [1.807, 2.05) is 20.8 Å². The molecular weight excluding hydrogens is 246 g/mol. The lowest BCUT2D eigenvalue weighted by molar-refractivity contribution is -0.151. The third kappa shape index (κ3) is 10.9. The fourth-order valence-corrected chi connectivity index (χ4v) is 2.51. The molecule has 0 aromatic carbocycles. The zero-order valence-electron chi connectivity index (χ0n) is 12.5. The number of hydrogen-bond donors (Lipinski definition) is 1. The van der Waals surface area contributed by atoms with E-state index in [2.05, 4.69) is 19.2 Å². The molecule has 0 spiro atoms. The number of nitrogens with one attached hydrogen (secondary N) is 1. The van der Waals surface area contributed by atoms with Crippen LogP contribution in [0.1, 0.15) is 53.9 Å². The van der Waals surface area contributed by atoms with Gasteiger partial charge in [-0.2, -0.15) is 0 Å². The van der Waals surface area contributed by atoms with Crippen LogP contribution in [-0.4, -0.2) is 35.7 Å². The van der Waals surface area contributed by atoms with Gasteiger partial charge in [-0.05, 0) is 40.2 Å². The minimum atomic E-state index is -0.374. The van der Waals surface area contributed by atoms with Crippen molar-refractivity contribution in [2.75, 3.05) is 18.1 Å². The van der Waals surface area contributed by atoms with Gasteiger partial charge in [0.1, 0.15) is 5.60 Å². The van der Waals surface area contributed by atoms with E-state index in [0.717, 1.165) is 18.7 Å². The second-order valence-corrected chi connectivity index (χ2v) is 6.57. The Kier molecular flexibility index (Phi) is 9.56. The number of hydrogen-bond acceptors (Lipinski definition) is 4. The van der Waals surface area contributed by atoms with Crippen LogP contribution in [0.4, 0.5) is 0 Å². The molecule has 0 saturated heterocycles. The molecule has 0 bridgehead atoms. The summed E-state index contributed by atoms with van der Waals surface area (Å²) >= 11 is 1.66. The predicted molar refractivity (Wildman–Crippen MR) is 80.2 cm³/mol. The summed E-state index contributed by atoms with van der Waals surface area (Å²) in [7, 11) is 0.